The van der Waals surface area contributed by atoms with Crippen LogP contribution in [0.3, 0.4) is 0 Å². The Kier molecular flexibility index (Phi) is 35.5. The molecule has 2 aliphatic heterocycles. The van der Waals surface area contributed by atoms with Crippen molar-refractivity contribution >= 4 is 11.7 Å². The molecule has 0 saturated heterocycles. The van der Waals surface area contributed by atoms with Gasteiger partial charge in [0.15, 0.2) is 11.7 Å². The topological polar surface area (TPSA) is 101 Å². The molecule has 0 spiro atoms. The lowest BCUT2D eigenvalue weighted by Gasteiger charge is -2.36. The summed E-state index contributed by atoms with van der Waals surface area (Å²) in [5.41, 5.74) is 11.6. The molecule has 0 aliphatic carbocycles. The predicted octanol–water partition coefficient (Wildman–Crippen LogP) is 1.95. The van der Waals surface area contributed by atoms with Gasteiger partial charge in [-0.1, -0.05) is 117 Å². The molecule has 10 heteroatoms. The molecule has 310 valence electrons. The first kappa shape index (κ1) is 52.1. The van der Waals surface area contributed by atoms with E-state index in [9.17, 15) is 0 Å². The van der Waals surface area contributed by atoms with Crippen molar-refractivity contribution in [3.05, 3.63) is 0 Å². The molecule has 0 aromatic carbocycles. The van der Waals surface area contributed by atoms with Crippen LogP contribution < -0.4 is 56.1 Å². The molecule has 0 aromatic heterocycles. The molecule has 0 saturated carbocycles. The molecular formula is C42H88Br2N8. The van der Waals surface area contributed by atoms with Crippen LogP contribution in [0.1, 0.15) is 168 Å². The fourth-order valence-corrected chi connectivity index (χ4v) is 8.53. The summed E-state index contributed by atoms with van der Waals surface area (Å²) in [6.45, 7) is 19.3. The van der Waals surface area contributed by atoms with E-state index in [1.807, 2.05) is 0 Å². The summed E-state index contributed by atoms with van der Waals surface area (Å²) < 4.78 is 2.27. The van der Waals surface area contributed by atoms with Crippen LogP contribution in [0.2, 0.25) is 0 Å². The van der Waals surface area contributed by atoms with E-state index >= 15 is 0 Å². The number of quaternary nitrogens is 2. The van der Waals surface area contributed by atoms with Gasteiger partial charge in [0.25, 0.3) is 0 Å². The largest absolute Gasteiger partial charge is 1.00 e. The SMILES string of the molecule is CCCCCCCCCCCC1=NCC[N+]1(CCCCCC[N+]1(CCNCCN)CCN=C1CCCCCCCCCCC)CCNCCN.[Br-].[Br-]. The lowest BCUT2D eigenvalue weighted by Crippen LogP contribution is -3.00. The molecule has 0 radical (unpaired) electrons. The molecule has 2 aliphatic rings. The summed E-state index contributed by atoms with van der Waals surface area (Å²) in [5, 5.41) is 7.20. The minimum atomic E-state index is 0. The first-order valence-corrected chi connectivity index (χ1v) is 22.3. The highest BCUT2D eigenvalue weighted by molar-refractivity contribution is 5.77. The number of hydrogen-bond donors (Lipinski definition) is 4. The molecule has 2 atom stereocenters. The van der Waals surface area contributed by atoms with Gasteiger partial charge < -0.3 is 56.1 Å². The minimum Gasteiger partial charge on any atom is -1.00 e. The predicted molar refractivity (Wildman–Crippen MR) is 220 cm³/mol. The summed E-state index contributed by atoms with van der Waals surface area (Å²) in [6.07, 6.45) is 32.7. The van der Waals surface area contributed by atoms with Gasteiger partial charge in [-0.15, -0.1) is 0 Å². The second-order valence-corrected chi connectivity index (χ2v) is 15.9. The van der Waals surface area contributed by atoms with E-state index in [0.717, 1.165) is 48.2 Å². The number of hydrogen-bond acceptors (Lipinski definition) is 6. The van der Waals surface area contributed by atoms with Gasteiger partial charge in [-0.2, -0.15) is 0 Å². The molecule has 8 nitrogen and oxygen atoms in total. The molecular weight excluding hydrogens is 776 g/mol. The van der Waals surface area contributed by atoms with Crippen LogP contribution in [-0.2, 0) is 0 Å². The Morgan fingerprint density at radius 3 is 1.12 bits per heavy atom. The van der Waals surface area contributed by atoms with E-state index < -0.39 is 0 Å². The molecule has 2 heterocycles. The van der Waals surface area contributed by atoms with Gasteiger partial charge in [0.1, 0.15) is 13.1 Å². The molecule has 2 unspecified atom stereocenters. The molecule has 52 heavy (non-hydrogen) atoms. The normalized spacial score (nSPS) is 19.8. The van der Waals surface area contributed by atoms with Gasteiger partial charge in [-0.3, -0.25) is 8.97 Å². The van der Waals surface area contributed by atoms with Crippen LogP contribution >= 0.6 is 0 Å². The fraction of sp³-hybridized carbons (Fsp3) is 0.952. The average molecular weight is 865 g/mol. The molecule has 0 fully saturated rings. The fourth-order valence-electron chi connectivity index (χ4n) is 8.53. The van der Waals surface area contributed by atoms with Gasteiger partial charge >= 0.3 is 0 Å². The highest BCUT2D eigenvalue weighted by Crippen LogP contribution is 2.24. The molecule has 0 aromatic rings. The number of amidine groups is 2. The number of unbranched alkanes of at least 4 members (excludes halogenated alkanes) is 19. The van der Waals surface area contributed by atoms with Crippen molar-refractivity contribution < 1.29 is 42.9 Å². The standard InChI is InChI=1S/C42H88N8.2BrH/c1-3-5-7-9-11-13-15-17-21-25-41-47-33-39-49(41,37-31-45-29-27-43)35-23-19-20-24-36-50(38-32-46-30-28-44)40-34-48-42(50)26-22-18-16-14-12-10-8-6-4-2;;/h45-46H,3-40,43-44H2,1-2H3;2*1H/q+2;;/p-2. The second-order valence-electron chi connectivity index (χ2n) is 15.9. The first-order chi connectivity index (χ1) is 24.7. The van der Waals surface area contributed by atoms with Gasteiger partial charge in [-0.05, 0) is 38.5 Å². The van der Waals surface area contributed by atoms with Crippen molar-refractivity contribution in [2.75, 3.05) is 91.6 Å². The number of nitrogens with zero attached hydrogens (tertiary/aromatic N) is 4. The Labute approximate surface area is 344 Å². The summed E-state index contributed by atoms with van der Waals surface area (Å²) >= 11 is 0. The highest BCUT2D eigenvalue weighted by atomic mass is 79.9. The smallest absolute Gasteiger partial charge is 0.198 e. The quantitative estimate of drug-likeness (QED) is 0.0568. The third kappa shape index (κ3) is 22.6. The van der Waals surface area contributed by atoms with E-state index in [0.29, 0.717) is 13.1 Å². The van der Waals surface area contributed by atoms with Crippen molar-refractivity contribution in [3.63, 3.8) is 0 Å². The maximum Gasteiger partial charge on any atom is 0.198 e. The van der Waals surface area contributed by atoms with Crippen molar-refractivity contribution in [2.45, 2.75) is 168 Å². The third-order valence-electron chi connectivity index (χ3n) is 11.7. The van der Waals surface area contributed by atoms with Crippen LogP contribution in [0.5, 0.6) is 0 Å². The molecule has 2 rings (SSSR count). The van der Waals surface area contributed by atoms with Crippen LogP contribution in [0.25, 0.3) is 0 Å². The Morgan fingerprint density at radius 1 is 0.442 bits per heavy atom. The van der Waals surface area contributed by atoms with Gasteiger partial charge in [-0.25, -0.2) is 9.98 Å². The number of nitrogens with two attached hydrogens (primary N) is 2. The number of nitrogens with one attached hydrogen (secondary N) is 2. The van der Waals surface area contributed by atoms with E-state index in [-0.39, 0.29) is 34.0 Å². The summed E-state index contributed by atoms with van der Waals surface area (Å²) in [7, 11) is 0. The molecule has 6 N–H and O–H groups in total. The first-order valence-electron chi connectivity index (χ1n) is 22.3. The zero-order chi connectivity index (χ0) is 35.9. The van der Waals surface area contributed by atoms with Crippen molar-refractivity contribution in [1.82, 2.24) is 10.6 Å². The summed E-state index contributed by atoms with van der Waals surface area (Å²) in [4.78, 5) is 10.3. The van der Waals surface area contributed by atoms with Gasteiger partial charge in [0.05, 0.1) is 39.3 Å². The molecule has 0 amide bonds. The lowest BCUT2D eigenvalue weighted by molar-refractivity contribution is -0.836. The summed E-state index contributed by atoms with van der Waals surface area (Å²) in [5.74, 6) is 3.01. The van der Waals surface area contributed by atoms with E-state index in [4.69, 9.17) is 21.5 Å². The van der Waals surface area contributed by atoms with Crippen molar-refractivity contribution in [2.24, 2.45) is 21.5 Å². The maximum absolute atomic E-state index is 5.80. The Morgan fingerprint density at radius 2 is 0.769 bits per heavy atom. The minimum absolute atomic E-state index is 0. The van der Waals surface area contributed by atoms with Crippen molar-refractivity contribution in [3.8, 4) is 0 Å². The molecule has 0 bridgehead atoms. The van der Waals surface area contributed by atoms with Gasteiger partial charge in [0.2, 0.25) is 0 Å². The number of rotatable bonds is 37. The maximum atomic E-state index is 5.80. The van der Waals surface area contributed by atoms with Gasteiger partial charge in [0, 0.05) is 52.1 Å². The Bertz CT molecular complexity index is 792. The number of halogens is 2. The van der Waals surface area contributed by atoms with Crippen LogP contribution in [0.4, 0.5) is 0 Å². The zero-order valence-electron chi connectivity index (χ0n) is 34.6. The monoisotopic (exact) mass is 863 g/mol. The summed E-state index contributed by atoms with van der Waals surface area (Å²) in [6, 6.07) is 0. The Balaban J connectivity index is 0.0000130. The average Bonchev–Trinajstić information content (AvgIpc) is 3.72. The third-order valence-corrected chi connectivity index (χ3v) is 11.7. The lowest BCUT2D eigenvalue weighted by atomic mass is 10.1. The second kappa shape index (κ2) is 35.5. The van der Waals surface area contributed by atoms with E-state index in [1.165, 1.54) is 205 Å². The Hall–Kier alpha value is 0.0600. The van der Waals surface area contributed by atoms with Crippen LogP contribution in [0, 0.1) is 0 Å². The van der Waals surface area contributed by atoms with Crippen LogP contribution in [-0.4, -0.2) is 112 Å². The van der Waals surface area contributed by atoms with E-state index in [1.54, 1.807) is 0 Å². The van der Waals surface area contributed by atoms with Crippen LogP contribution in [0.15, 0.2) is 9.98 Å². The number of aliphatic imine (C=N–C) groups is 2. The highest BCUT2D eigenvalue weighted by Gasteiger charge is 2.38. The van der Waals surface area contributed by atoms with Crippen molar-refractivity contribution in [1.29, 1.82) is 0 Å². The van der Waals surface area contributed by atoms with E-state index in [2.05, 4.69) is 24.5 Å². The zero-order valence-corrected chi connectivity index (χ0v) is 37.7.